The first-order valence-corrected chi connectivity index (χ1v) is 7.67. The van der Waals surface area contributed by atoms with Crippen molar-refractivity contribution >= 4 is 27.7 Å². The molecule has 1 unspecified atom stereocenters. The summed E-state index contributed by atoms with van der Waals surface area (Å²) in [5.41, 5.74) is 0.498. The molecule has 9 heteroatoms. The molecule has 21 heavy (non-hydrogen) atoms. The fourth-order valence-corrected chi connectivity index (χ4v) is 2.43. The van der Waals surface area contributed by atoms with Gasteiger partial charge < -0.3 is 10.1 Å². The van der Waals surface area contributed by atoms with Crippen molar-refractivity contribution in [3.05, 3.63) is 24.3 Å². The highest BCUT2D eigenvalue weighted by atomic mass is 32.2. The number of sulfonamides is 1. The molecule has 2 amide bonds. The Balaban J connectivity index is 2.08. The second-order valence-electron chi connectivity index (χ2n) is 4.59. The number of nitrogens with two attached hydrogens (primary N) is 1. The molecule has 0 radical (unpaired) electrons. The van der Waals surface area contributed by atoms with E-state index in [0.29, 0.717) is 5.69 Å². The van der Waals surface area contributed by atoms with Gasteiger partial charge in [0, 0.05) is 12.6 Å². The van der Waals surface area contributed by atoms with Gasteiger partial charge in [0.1, 0.15) is 6.10 Å². The lowest BCUT2D eigenvalue weighted by Crippen LogP contribution is -2.33. The van der Waals surface area contributed by atoms with Gasteiger partial charge in [0.25, 0.3) is 0 Å². The molecule has 1 aliphatic heterocycles. The van der Waals surface area contributed by atoms with Crippen LogP contribution >= 0.6 is 0 Å². The predicted molar refractivity (Wildman–Crippen MR) is 74.1 cm³/mol. The smallest absolute Gasteiger partial charge is 0.414 e. The number of carbonyl (C=O) groups excluding carboxylic acids is 2. The van der Waals surface area contributed by atoms with Crippen molar-refractivity contribution in [2.45, 2.75) is 17.9 Å². The minimum Gasteiger partial charge on any atom is -0.442 e. The summed E-state index contributed by atoms with van der Waals surface area (Å²) in [6.45, 7) is 1.88. The van der Waals surface area contributed by atoms with E-state index in [9.17, 15) is 18.0 Å². The summed E-state index contributed by atoms with van der Waals surface area (Å²) in [4.78, 5) is 23.9. The van der Waals surface area contributed by atoms with Crippen molar-refractivity contribution in [1.29, 1.82) is 0 Å². The molecule has 1 aromatic carbocycles. The Morgan fingerprint density at radius 1 is 1.43 bits per heavy atom. The predicted octanol–water partition coefficient (Wildman–Crippen LogP) is -0.205. The zero-order valence-corrected chi connectivity index (χ0v) is 12.1. The van der Waals surface area contributed by atoms with Crippen molar-refractivity contribution in [2.75, 3.05) is 18.0 Å². The van der Waals surface area contributed by atoms with Crippen molar-refractivity contribution in [2.24, 2.45) is 5.14 Å². The molecule has 114 valence electrons. The minimum absolute atomic E-state index is 0.0337. The van der Waals surface area contributed by atoms with Crippen LogP contribution in [0.25, 0.3) is 0 Å². The Labute approximate surface area is 121 Å². The summed E-state index contributed by atoms with van der Waals surface area (Å²) < 4.78 is 27.4. The Kier molecular flexibility index (Phi) is 4.14. The third kappa shape index (κ3) is 3.70. The van der Waals surface area contributed by atoms with E-state index < -0.39 is 22.2 Å². The van der Waals surface area contributed by atoms with Gasteiger partial charge in [-0.05, 0) is 24.3 Å². The van der Waals surface area contributed by atoms with Crippen molar-refractivity contribution in [1.82, 2.24) is 5.32 Å². The third-order valence-electron chi connectivity index (χ3n) is 2.93. The average Bonchev–Trinajstić information content (AvgIpc) is 2.77. The number of nitrogens with zero attached hydrogens (tertiary/aromatic N) is 1. The molecule has 8 nitrogen and oxygen atoms in total. The van der Waals surface area contributed by atoms with E-state index >= 15 is 0 Å². The van der Waals surface area contributed by atoms with Crippen LogP contribution in [0.4, 0.5) is 10.5 Å². The molecule has 3 N–H and O–H groups in total. The summed E-state index contributed by atoms with van der Waals surface area (Å²) in [7, 11) is -3.77. The van der Waals surface area contributed by atoms with Crippen LogP contribution in [0.3, 0.4) is 0 Å². The molecule has 0 spiro atoms. The monoisotopic (exact) mass is 313 g/mol. The number of cyclic esters (lactones) is 1. The van der Waals surface area contributed by atoms with Crippen LogP contribution in [-0.4, -0.2) is 39.6 Å². The summed E-state index contributed by atoms with van der Waals surface area (Å²) >= 11 is 0. The van der Waals surface area contributed by atoms with Crippen LogP contribution in [0.1, 0.15) is 6.92 Å². The molecule has 1 saturated heterocycles. The van der Waals surface area contributed by atoms with Gasteiger partial charge in [0.15, 0.2) is 0 Å². The van der Waals surface area contributed by atoms with Gasteiger partial charge in [-0.1, -0.05) is 0 Å². The molecule has 0 aromatic heterocycles. The summed E-state index contributed by atoms with van der Waals surface area (Å²) in [6.07, 6.45) is -0.993. The summed E-state index contributed by atoms with van der Waals surface area (Å²) in [5, 5.41) is 7.57. The zero-order chi connectivity index (χ0) is 15.6. The highest BCUT2D eigenvalue weighted by Gasteiger charge is 2.32. The quantitative estimate of drug-likeness (QED) is 0.797. The van der Waals surface area contributed by atoms with Gasteiger partial charge in [-0.2, -0.15) is 0 Å². The van der Waals surface area contributed by atoms with Crippen LogP contribution in [-0.2, 0) is 19.6 Å². The molecule has 2 rings (SSSR count). The highest BCUT2D eigenvalue weighted by Crippen LogP contribution is 2.22. The van der Waals surface area contributed by atoms with Crippen LogP contribution in [0, 0.1) is 0 Å². The minimum atomic E-state index is -3.77. The van der Waals surface area contributed by atoms with Gasteiger partial charge in [-0.25, -0.2) is 18.4 Å². The summed E-state index contributed by atoms with van der Waals surface area (Å²) in [5.74, 6) is -0.206. The molecule has 0 aliphatic carbocycles. The second-order valence-corrected chi connectivity index (χ2v) is 6.15. The Bertz CT molecular complexity index is 656. The van der Waals surface area contributed by atoms with E-state index in [1.165, 1.54) is 36.1 Å². The number of rotatable bonds is 4. The normalized spacial score (nSPS) is 18.5. The topological polar surface area (TPSA) is 119 Å². The lowest BCUT2D eigenvalue weighted by molar-refractivity contribution is -0.119. The highest BCUT2D eigenvalue weighted by molar-refractivity contribution is 7.89. The van der Waals surface area contributed by atoms with Crippen molar-refractivity contribution < 1.29 is 22.7 Å². The maximum Gasteiger partial charge on any atom is 0.414 e. The van der Waals surface area contributed by atoms with Gasteiger partial charge in [-0.3, -0.25) is 9.69 Å². The summed E-state index contributed by atoms with van der Waals surface area (Å²) in [6, 6.07) is 5.59. The van der Waals surface area contributed by atoms with Crippen LogP contribution in [0.15, 0.2) is 29.2 Å². The first-order valence-electron chi connectivity index (χ1n) is 6.13. The molecular formula is C12H15N3O5S. The number of nitrogens with one attached hydrogen (secondary N) is 1. The Morgan fingerprint density at radius 3 is 2.57 bits per heavy atom. The molecule has 0 bridgehead atoms. The first kappa shape index (κ1) is 15.3. The number of amides is 2. The van der Waals surface area contributed by atoms with Gasteiger partial charge >= 0.3 is 6.09 Å². The maximum absolute atomic E-state index is 11.8. The zero-order valence-electron chi connectivity index (χ0n) is 11.3. The fourth-order valence-electron chi connectivity index (χ4n) is 1.91. The SMILES string of the molecule is CC(=O)NCC1CN(c2ccc(S(N)(=O)=O)cc2)C(=O)O1. The van der Waals surface area contributed by atoms with Crippen LogP contribution in [0.2, 0.25) is 0 Å². The Morgan fingerprint density at radius 2 is 2.05 bits per heavy atom. The molecular weight excluding hydrogens is 298 g/mol. The van der Waals surface area contributed by atoms with E-state index in [2.05, 4.69) is 5.32 Å². The molecule has 0 saturated carbocycles. The largest absolute Gasteiger partial charge is 0.442 e. The number of carbonyl (C=O) groups is 2. The van der Waals surface area contributed by atoms with Gasteiger partial charge in [0.05, 0.1) is 18.0 Å². The molecule has 1 heterocycles. The number of benzene rings is 1. The number of anilines is 1. The maximum atomic E-state index is 11.8. The average molecular weight is 313 g/mol. The molecule has 1 aromatic rings. The van der Waals surface area contributed by atoms with E-state index in [4.69, 9.17) is 9.88 Å². The number of ether oxygens (including phenoxy) is 1. The number of hydrogen-bond acceptors (Lipinski definition) is 5. The second kappa shape index (κ2) is 5.70. The van der Waals surface area contributed by atoms with Crippen LogP contribution < -0.4 is 15.4 Å². The number of primary sulfonamides is 1. The Hall–Kier alpha value is -2.13. The van der Waals surface area contributed by atoms with Gasteiger partial charge in [0.2, 0.25) is 15.9 Å². The van der Waals surface area contributed by atoms with E-state index in [1.54, 1.807) is 0 Å². The van der Waals surface area contributed by atoms with Gasteiger partial charge in [-0.15, -0.1) is 0 Å². The van der Waals surface area contributed by atoms with Crippen molar-refractivity contribution in [3.8, 4) is 0 Å². The van der Waals surface area contributed by atoms with Crippen LogP contribution in [0.5, 0.6) is 0 Å². The molecule has 1 atom stereocenters. The lowest BCUT2D eigenvalue weighted by Gasteiger charge is -2.13. The van der Waals surface area contributed by atoms with E-state index in [1.807, 2.05) is 0 Å². The third-order valence-corrected chi connectivity index (χ3v) is 3.86. The van der Waals surface area contributed by atoms with E-state index in [-0.39, 0.29) is 23.9 Å². The fraction of sp³-hybridized carbons (Fsp3) is 0.333. The molecule has 1 fully saturated rings. The standard InChI is InChI=1S/C12H15N3O5S/c1-8(16)14-6-10-7-15(12(17)20-10)9-2-4-11(5-3-9)21(13,18)19/h2-5,10H,6-7H2,1H3,(H,14,16)(H2,13,18,19). The van der Waals surface area contributed by atoms with Crippen molar-refractivity contribution in [3.63, 3.8) is 0 Å². The lowest BCUT2D eigenvalue weighted by atomic mass is 10.2. The number of hydrogen-bond donors (Lipinski definition) is 2. The van der Waals surface area contributed by atoms with E-state index in [0.717, 1.165) is 0 Å². The molecule has 1 aliphatic rings. The first-order chi connectivity index (χ1) is 9.77.